The van der Waals surface area contributed by atoms with Crippen molar-refractivity contribution in [3.63, 3.8) is 0 Å². The monoisotopic (exact) mass is 366 g/mol. The Balaban J connectivity index is 1.80. The van der Waals surface area contributed by atoms with Crippen LogP contribution in [0.2, 0.25) is 0 Å². The molecule has 0 bridgehead atoms. The lowest BCUT2D eigenvalue weighted by Gasteiger charge is -2.42. The Kier molecular flexibility index (Phi) is 5.69. The van der Waals surface area contributed by atoms with Crippen molar-refractivity contribution in [1.29, 1.82) is 5.26 Å². The second-order valence-electron chi connectivity index (χ2n) is 8.24. The lowest BCUT2D eigenvalue weighted by Crippen LogP contribution is -2.53. The maximum absolute atomic E-state index is 13.2. The van der Waals surface area contributed by atoms with Crippen LogP contribution in [0, 0.1) is 11.3 Å². The van der Waals surface area contributed by atoms with Gasteiger partial charge in [0, 0.05) is 38.3 Å². The molecule has 1 unspecified atom stereocenters. The number of carbonyl (C=O) groups is 1. The van der Waals surface area contributed by atoms with E-state index >= 15 is 0 Å². The Labute approximate surface area is 162 Å². The van der Waals surface area contributed by atoms with E-state index in [2.05, 4.69) is 55.8 Å². The summed E-state index contributed by atoms with van der Waals surface area (Å²) in [4.78, 5) is 19.7. The van der Waals surface area contributed by atoms with Crippen molar-refractivity contribution in [2.45, 2.75) is 38.8 Å². The van der Waals surface area contributed by atoms with Gasteiger partial charge in [0.25, 0.3) is 5.91 Å². The molecular formula is C22H30N4O. The molecule has 0 saturated carbocycles. The fourth-order valence-corrected chi connectivity index (χ4v) is 4.17. The highest BCUT2D eigenvalue weighted by molar-refractivity contribution is 5.97. The molecule has 0 aromatic heterocycles. The topological polar surface area (TPSA) is 50.6 Å². The molecule has 1 atom stereocenters. The molecular weight excluding hydrogens is 336 g/mol. The first-order valence-corrected chi connectivity index (χ1v) is 9.79. The molecule has 2 heterocycles. The minimum atomic E-state index is -0.321. The van der Waals surface area contributed by atoms with Gasteiger partial charge in [-0.25, -0.2) is 0 Å². The average molecular weight is 367 g/mol. The first kappa shape index (κ1) is 19.6. The number of hydrogen-bond donors (Lipinski definition) is 0. The fourth-order valence-electron chi connectivity index (χ4n) is 4.17. The second-order valence-corrected chi connectivity index (χ2v) is 8.24. The number of likely N-dealkylation sites (N-methyl/N-ethyl adjacent to an activating group) is 1. The van der Waals surface area contributed by atoms with Crippen molar-refractivity contribution in [1.82, 2.24) is 14.7 Å². The molecule has 1 fully saturated rings. The van der Waals surface area contributed by atoms with Crippen LogP contribution in [0.4, 0.5) is 0 Å². The van der Waals surface area contributed by atoms with Crippen LogP contribution >= 0.6 is 0 Å². The highest BCUT2D eigenvalue weighted by Gasteiger charge is 2.32. The summed E-state index contributed by atoms with van der Waals surface area (Å²) < 4.78 is 0. The summed E-state index contributed by atoms with van der Waals surface area (Å²) in [7, 11) is 2.12. The van der Waals surface area contributed by atoms with Gasteiger partial charge in [-0.1, -0.05) is 24.3 Å². The third kappa shape index (κ3) is 4.07. The van der Waals surface area contributed by atoms with Gasteiger partial charge in [0.15, 0.2) is 0 Å². The SMILES string of the molecule is CC1c2ccccc2CCN1C(=O)/C(C#N)=C\C(C)(C)N1CCN(C)CC1. The molecule has 27 heavy (non-hydrogen) atoms. The van der Waals surface area contributed by atoms with Crippen LogP contribution in [0.1, 0.15) is 37.9 Å². The number of nitrogens with zero attached hydrogens (tertiary/aromatic N) is 4. The molecule has 3 rings (SSSR count). The maximum Gasteiger partial charge on any atom is 0.264 e. The molecule has 0 radical (unpaired) electrons. The smallest absolute Gasteiger partial charge is 0.264 e. The lowest BCUT2D eigenvalue weighted by molar-refractivity contribution is -0.129. The van der Waals surface area contributed by atoms with Gasteiger partial charge >= 0.3 is 0 Å². The molecule has 0 aliphatic carbocycles. The second kappa shape index (κ2) is 7.84. The van der Waals surface area contributed by atoms with Crippen molar-refractivity contribution in [3.05, 3.63) is 47.0 Å². The molecule has 2 aliphatic rings. The third-order valence-electron chi connectivity index (χ3n) is 6.02. The van der Waals surface area contributed by atoms with E-state index in [-0.39, 0.29) is 23.1 Å². The normalized spacial score (nSPS) is 22.3. The zero-order valence-electron chi connectivity index (χ0n) is 16.9. The molecule has 5 nitrogen and oxygen atoms in total. The van der Waals surface area contributed by atoms with Crippen molar-refractivity contribution in [2.24, 2.45) is 0 Å². The Hall–Kier alpha value is -2.16. The molecule has 1 aromatic rings. The van der Waals surface area contributed by atoms with Crippen LogP contribution in [0.25, 0.3) is 0 Å². The number of rotatable bonds is 3. The van der Waals surface area contributed by atoms with Crippen molar-refractivity contribution >= 4 is 5.91 Å². The van der Waals surface area contributed by atoms with Gasteiger partial charge in [-0.3, -0.25) is 9.69 Å². The highest BCUT2D eigenvalue weighted by Crippen LogP contribution is 2.30. The highest BCUT2D eigenvalue weighted by atomic mass is 16.2. The van der Waals surface area contributed by atoms with E-state index in [1.54, 1.807) is 0 Å². The number of benzene rings is 1. The van der Waals surface area contributed by atoms with E-state index < -0.39 is 0 Å². The van der Waals surface area contributed by atoms with Gasteiger partial charge in [-0.05, 0) is 51.4 Å². The van der Waals surface area contributed by atoms with Gasteiger partial charge in [0.05, 0.1) is 6.04 Å². The van der Waals surface area contributed by atoms with E-state index in [4.69, 9.17) is 0 Å². The molecule has 144 valence electrons. The van der Waals surface area contributed by atoms with Crippen LogP contribution < -0.4 is 0 Å². The average Bonchev–Trinajstić information content (AvgIpc) is 2.66. The first-order valence-electron chi connectivity index (χ1n) is 9.79. The molecule has 0 spiro atoms. The number of hydrogen-bond acceptors (Lipinski definition) is 4. The summed E-state index contributed by atoms with van der Waals surface area (Å²) in [6.07, 6.45) is 2.71. The van der Waals surface area contributed by atoms with Crippen LogP contribution in [0.5, 0.6) is 0 Å². The molecule has 5 heteroatoms. The Morgan fingerprint density at radius 3 is 2.52 bits per heavy atom. The number of carbonyl (C=O) groups excluding carboxylic acids is 1. The molecule has 1 amide bonds. The molecule has 2 aliphatic heterocycles. The van der Waals surface area contributed by atoms with E-state index in [1.807, 2.05) is 23.1 Å². The van der Waals surface area contributed by atoms with E-state index in [0.717, 1.165) is 32.6 Å². The van der Waals surface area contributed by atoms with Crippen molar-refractivity contribution < 1.29 is 4.79 Å². The fraction of sp³-hybridized carbons (Fsp3) is 0.545. The molecule has 1 saturated heterocycles. The number of piperazine rings is 1. The van der Waals surface area contributed by atoms with Gasteiger partial charge in [0.1, 0.15) is 11.6 Å². The minimum absolute atomic E-state index is 0.00838. The Morgan fingerprint density at radius 2 is 1.85 bits per heavy atom. The van der Waals surface area contributed by atoms with E-state index in [1.165, 1.54) is 11.1 Å². The number of amides is 1. The van der Waals surface area contributed by atoms with Gasteiger partial charge in [0.2, 0.25) is 0 Å². The summed E-state index contributed by atoms with van der Waals surface area (Å²) in [6, 6.07) is 10.4. The lowest BCUT2D eigenvalue weighted by atomic mass is 9.92. The number of nitriles is 1. The maximum atomic E-state index is 13.2. The third-order valence-corrected chi connectivity index (χ3v) is 6.02. The Morgan fingerprint density at radius 1 is 1.19 bits per heavy atom. The summed E-state index contributed by atoms with van der Waals surface area (Å²) in [5, 5.41) is 9.72. The van der Waals surface area contributed by atoms with E-state index in [9.17, 15) is 10.1 Å². The largest absolute Gasteiger partial charge is 0.331 e. The quantitative estimate of drug-likeness (QED) is 0.609. The molecule has 0 N–H and O–H groups in total. The van der Waals surface area contributed by atoms with Crippen LogP contribution in [-0.4, -0.2) is 65.9 Å². The zero-order valence-corrected chi connectivity index (χ0v) is 16.9. The summed E-state index contributed by atoms with van der Waals surface area (Å²) in [6.45, 7) is 10.8. The van der Waals surface area contributed by atoms with Gasteiger partial charge < -0.3 is 9.80 Å². The first-order chi connectivity index (χ1) is 12.8. The summed E-state index contributed by atoms with van der Waals surface area (Å²) in [5.41, 5.74) is 2.42. The number of fused-ring (bicyclic) bond motifs is 1. The van der Waals surface area contributed by atoms with E-state index in [0.29, 0.717) is 6.54 Å². The predicted octanol–water partition coefficient (Wildman–Crippen LogP) is 2.61. The summed E-state index contributed by atoms with van der Waals surface area (Å²) in [5.74, 6) is -0.151. The standard InChI is InChI=1S/C22H30N4O/c1-17-20-8-6-5-7-18(20)9-10-26(17)21(27)19(16-23)15-22(2,3)25-13-11-24(4)12-14-25/h5-8,15,17H,9-14H2,1-4H3/b19-15-. The van der Waals surface area contributed by atoms with Gasteiger partial charge in [-0.15, -0.1) is 0 Å². The van der Waals surface area contributed by atoms with Crippen LogP contribution in [0.15, 0.2) is 35.9 Å². The zero-order chi connectivity index (χ0) is 19.6. The Bertz CT molecular complexity index is 769. The molecule has 1 aromatic carbocycles. The summed E-state index contributed by atoms with van der Waals surface area (Å²) >= 11 is 0. The minimum Gasteiger partial charge on any atom is -0.331 e. The van der Waals surface area contributed by atoms with Crippen LogP contribution in [-0.2, 0) is 11.2 Å². The predicted molar refractivity (Wildman–Crippen MR) is 107 cm³/mol. The van der Waals surface area contributed by atoms with Crippen LogP contribution in [0.3, 0.4) is 0 Å². The van der Waals surface area contributed by atoms with Crippen molar-refractivity contribution in [2.75, 3.05) is 39.8 Å². The van der Waals surface area contributed by atoms with Gasteiger partial charge in [-0.2, -0.15) is 5.26 Å². The van der Waals surface area contributed by atoms with Crippen molar-refractivity contribution in [3.8, 4) is 6.07 Å².